The minimum absolute atomic E-state index is 0.786. The molecule has 1 aliphatic rings. The van der Waals surface area contributed by atoms with Crippen LogP contribution in [-0.4, -0.2) is 13.1 Å². The van der Waals surface area contributed by atoms with Crippen LogP contribution in [0.5, 0.6) is 0 Å². The SMILES string of the molecule is CCCNCC1CCCC1c1cccc(C)c1C. The monoisotopic (exact) mass is 245 g/mol. The van der Waals surface area contributed by atoms with E-state index >= 15 is 0 Å². The summed E-state index contributed by atoms with van der Waals surface area (Å²) in [5.41, 5.74) is 4.57. The van der Waals surface area contributed by atoms with Crippen LogP contribution >= 0.6 is 0 Å². The Balaban J connectivity index is 2.08. The van der Waals surface area contributed by atoms with E-state index in [0.717, 1.165) is 18.4 Å². The Morgan fingerprint density at radius 3 is 2.83 bits per heavy atom. The summed E-state index contributed by atoms with van der Waals surface area (Å²) in [5, 5.41) is 3.61. The van der Waals surface area contributed by atoms with Crippen molar-refractivity contribution in [3.8, 4) is 0 Å². The summed E-state index contributed by atoms with van der Waals surface area (Å²) in [4.78, 5) is 0. The van der Waals surface area contributed by atoms with Crippen LogP contribution in [0.1, 0.15) is 55.2 Å². The molecular formula is C17H27N. The molecule has 100 valence electrons. The van der Waals surface area contributed by atoms with Gasteiger partial charge in [0.05, 0.1) is 0 Å². The normalized spacial score (nSPS) is 23.5. The van der Waals surface area contributed by atoms with E-state index in [1.165, 1.54) is 43.4 Å². The first kappa shape index (κ1) is 13.6. The van der Waals surface area contributed by atoms with Gasteiger partial charge in [-0.15, -0.1) is 0 Å². The summed E-state index contributed by atoms with van der Waals surface area (Å²) in [6.07, 6.45) is 5.41. The predicted octanol–water partition coefficient (Wildman–Crippen LogP) is 4.19. The molecule has 0 heterocycles. The molecule has 1 saturated carbocycles. The highest BCUT2D eigenvalue weighted by molar-refractivity contribution is 5.36. The molecule has 1 heteroatoms. The smallest absolute Gasteiger partial charge is 0.00147 e. The Hall–Kier alpha value is -0.820. The zero-order valence-corrected chi connectivity index (χ0v) is 12.1. The lowest BCUT2D eigenvalue weighted by Crippen LogP contribution is -2.25. The van der Waals surface area contributed by atoms with Gasteiger partial charge in [-0.25, -0.2) is 0 Å². The first-order valence-electron chi connectivity index (χ1n) is 7.50. The number of aryl methyl sites for hydroxylation is 1. The van der Waals surface area contributed by atoms with Crippen LogP contribution in [0.2, 0.25) is 0 Å². The van der Waals surface area contributed by atoms with Gasteiger partial charge in [0.15, 0.2) is 0 Å². The molecule has 1 aromatic carbocycles. The van der Waals surface area contributed by atoms with E-state index in [9.17, 15) is 0 Å². The van der Waals surface area contributed by atoms with Gasteiger partial charge in [0, 0.05) is 0 Å². The maximum Gasteiger partial charge on any atom is -0.00147 e. The number of benzene rings is 1. The van der Waals surface area contributed by atoms with Crippen molar-refractivity contribution in [2.45, 2.75) is 52.4 Å². The van der Waals surface area contributed by atoms with Crippen molar-refractivity contribution in [2.75, 3.05) is 13.1 Å². The first-order chi connectivity index (χ1) is 8.74. The fraction of sp³-hybridized carbons (Fsp3) is 0.647. The summed E-state index contributed by atoms with van der Waals surface area (Å²) in [5.74, 6) is 1.63. The van der Waals surface area contributed by atoms with Crippen molar-refractivity contribution in [1.82, 2.24) is 5.32 Å². The second kappa shape index (κ2) is 6.38. The fourth-order valence-electron chi connectivity index (χ4n) is 3.33. The Labute approximate surface area is 112 Å². The minimum Gasteiger partial charge on any atom is -0.316 e. The van der Waals surface area contributed by atoms with E-state index < -0.39 is 0 Å². The highest BCUT2D eigenvalue weighted by Gasteiger charge is 2.29. The quantitative estimate of drug-likeness (QED) is 0.767. The van der Waals surface area contributed by atoms with Gasteiger partial charge in [-0.2, -0.15) is 0 Å². The molecule has 18 heavy (non-hydrogen) atoms. The van der Waals surface area contributed by atoms with Crippen LogP contribution in [0.25, 0.3) is 0 Å². The molecule has 0 bridgehead atoms. The third kappa shape index (κ3) is 2.95. The number of hydrogen-bond donors (Lipinski definition) is 1. The molecule has 0 saturated heterocycles. The van der Waals surface area contributed by atoms with E-state index in [1.54, 1.807) is 5.56 Å². The van der Waals surface area contributed by atoms with E-state index in [0.29, 0.717) is 0 Å². The zero-order chi connectivity index (χ0) is 13.0. The van der Waals surface area contributed by atoms with Crippen molar-refractivity contribution in [3.63, 3.8) is 0 Å². The standard InChI is InChI=1S/C17H27N/c1-4-11-18-12-15-8-6-10-17(15)16-9-5-7-13(2)14(16)3/h5,7,9,15,17-18H,4,6,8,10-12H2,1-3H3. The Kier molecular flexibility index (Phi) is 4.82. The van der Waals surface area contributed by atoms with Crippen LogP contribution in [0, 0.1) is 19.8 Å². The lowest BCUT2D eigenvalue weighted by atomic mass is 9.85. The van der Waals surface area contributed by atoms with E-state index in [1.807, 2.05) is 0 Å². The van der Waals surface area contributed by atoms with E-state index in [-0.39, 0.29) is 0 Å². The molecule has 2 atom stereocenters. The van der Waals surface area contributed by atoms with Crippen molar-refractivity contribution < 1.29 is 0 Å². The number of nitrogens with one attached hydrogen (secondary N) is 1. The second-order valence-corrected chi connectivity index (χ2v) is 5.79. The molecule has 1 fully saturated rings. The van der Waals surface area contributed by atoms with Crippen molar-refractivity contribution in [1.29, 1.82) is 0 Å². The van der Waals surface area contributed by atoms with Gasteiger partial charge in [0.2, 0.25) is 0 Å². The lowest BCUT2D eigenvalue weighted by Gasteiger charge is -2.23. The molecule has 2 rings (SSSR count). The molecule has 1 nitrogen and oxygen atoms in total. The second-order valence-electron chi connectivity index (χ2n) is 5.79. The molecule has 1 N–H and O–H groups in total. The maximum absolute atomic E-state index is 3.61. The Morgan fingerprint density at radius 1 is 1.22 bits per heavy atom. The zero-order valence-electron chi connectivity index (χ0n) is 12.1. The molecule has 1 aromatic rings. The van der Waals surface area contributed by atoms with E-state index in [4.69, 9.17) is 0 Å². The maximum atomic E-state index is 3.61. The topological polar surface area (TPSA) is 12.0 Å². The van der Waals surface area contributed by atoms with E-state index in [2.05, 4.69) is 44.3 Å². The third-order valence-electron chi connectivity index (χ3n) is 4.54. The van der Waals surface area contributed by atoms with Gasteiger partial charge >= 0.3 is 0 Å². The number of hydrogen-bond acceptors (Lipinski definition) is 1. The van der Waals surface area contributed by atoms with Gasteiger partial charge in [-0.1, -0.05) is 31.5 Å². The van der Waals surface area contributed by atoms with Crippen molar-refractivity contribution in [2.24, 2.45) is 5.92 Å². The summed E-state index contributed by atoms with van der Waals surface area (Å²) in [6.45, 7) is 9.13. The molecule has 0 amide bonds. The summed E-state index contributed by atoms with van der Waals surface area (Å²) >= 11 is 0. The lowest BCUT2D eigenvalue weighted by molar-refractivity contribution is 0.443. The fourth-order valence-corrected chi connectivity index (χ4v) is 3.33. The Bertz CT molecular complexity index is 383. The average Bonchev–Trinajstić information content (AvgIpc) is 2.81. The van der Waals surface area contributed by atoms with Gasteiger partial charge in [-0.05, 0) is 74.7 Å². The molecule has 0 spiro atoms. The average molecular weight is 245 g/mol. The molecule has 2 unspecified atom stereocenters. The first-order valence-corrected chi connectivity index (χ1v) is 7.50. The van der Waals surface area contributed by atoms with Gasteiger partial charge in [0.25, 0.3) is 0 Å². The van der Waals surface area contributed by atoms with Gasteiger partial charge in [0.1, 0.15) is 0 Å². The minimum atomic E-state index is 0.786. The highest BCUT2D eigenvalue weighted by Crippen LogP contribution is 2.40. The molecular weight excluding hydrogens is 218 g/mol. The summed E-state index contributed by atoms with van der Waals surface area (Å²) in [7, 11) is 0. The molecule has 0 aliphatic heterocycles. The third-order valence-corrected chi connectivity index (χ3v) is 4.54. The van der Waals surface area contributed by atoms with Gasteiger partial charge in [-0.3, -0.25) is 0 Å². The van der Waals surface area contributed by atoms with Crippen LogP contribution in [0.4, 0.5) is 0 Å². The largest absolute Gasteiger partial charge is 0.316 e. The number of rotatable bonds is 5. The van der Waals surface area contributed by atoms with Crippen molar-refractivity contribution in [3.05, 3.63) is 34.9 Å². The molecule has 1 aliphatic carbocycles. The van der Waals surface area contributed by atoms with Crippen LogP contribution < -0.4 is 5.32 Å². The van der Waals surface area contributed by atoms with Gasteiger partial charge < -0.3 is 5.32 Å². The molecule has 0 radical (unpaired) electrons. The molecule has 0 aromatic heterocycles. The van der Waals surface area contributed by atoms with Crippen molar-refractivity contribution >= 4 is 0 Å². The predicted molar refractivity (Wildman–Crippen MR) is 79.2 cm³/mol. The Morgan fingerprint density at radius 2 is 2.06 bits per heavy atom. The van der Waals surface area contributed by atoms with Crippen LogP contribution in [0.3, 0.4) is 0 Å². The summed E-state index contributed by atoms with van der Waals surface area (Å²) in [6, 6.07) is 6.82. The summed E-state index contributed by atoms with van der Waals surface area (Å²) < 4.78 is 0. The highest BCUT2D eigenvalue weighted by atomic mass is 14.9. The van der Waals surface area contributed by atoms with Crippen LogP contribution in [-0.2, 0) is 0 Å². The van der Waals surface area contributed by atoms with Crippen LogP contribution in [0.15, 0.2) is 18.2 Å².